The number of hydrogen-bond donors (Lipinski definition) is 2. The molecule has 1 amide bonds. The van der Waals surface area contributed by atoms with Crippen LogP contribution >= 0.6 is 0 Å². The van der Waals surface area contributed by atoms with E-state index in [2.05, 4.69) is 10.6 Å². The molecule has 1 aliphatic carbocycles. The van der Waals surface area contributed by atoms with Crippen LogP contribution in [0.5, 0.6) is 0 Å². The largest absolute Gasteiger partial charge is 0.444 e. The summed E-state index contributed by atoms with van der Waals surface area (Å²) in [5.74, 6) is -1.12. The third kappa shape index (κ3) is 6.43. The van der Waals surface area contributed by atoms with Gasteiger partial charge in [0.1, 0.15) is 17.2 Å². The van der Waals surface area contributed by atoms with Crippen LogP contribution in [0.3, 0.4) is 0 Å². The van der Waals surface area contributed by atoms with Crippen LogP contribution in [0.25, 0.3) is 0 Å². The van der Waals surface area contributed by atoms with Gasteiger partial charge in [-0.1, -0.05) is 0 Å². The van der Waals surface area contributed by atoms with E-state index in [1.807, 2.05) is 20.8 Å². The maximum atomic E-state index is 13.2. The normalized spacial score (nSPS) is 21.4. The molecule has 0 aromatic heterocycles. The van der Waals surface area contributed by atoms with Crippen molar-refractivity contribution in [2.45, 2.75) is 70.7 Å². The highest BCUT2D eigenvalue weighted by atomic mass is 19.1. The van der Waals surface area contributed by atoms with Crippen LogP contribution in [0.1, 0.15) is 52.0 Å². The molecule has 0 aliphatic heterocycles. The van der Waals surface area contributed by atoms with Gasteiger partial charge in [-0.05, 0) is 64.2 Å². The Morgan fingerprint density at radius 1 is 1.08 bits per heavy atom. The quantitative estimate of drug-likeness (QED) is 0.874. The smallest absolute Gasteiger partial charge is 0.407 e. The van der Waals surface area contributed by atoms with Crippen molar-refractivity contribution < 1.29 is 18.3 Å². The van der Waals surface area contributed by atoms with Crippen molar-refractivity contribution in [1.82, 2.24) is 10.6 Å². The Morgan fingerprint density at radius 3 is 2.17 bits per heavy atom. The molecule has 6 heteroatoms. The molecule has 0 heterocycles. The first-order valence-corrected chi connectivity index (χ1v) is 8.39. The summed E-state index contributed by atoms with van der Waals surface area (Å²) < 4.78 is 31.6. The van der Waals surface area contributed by atoms with E-state index in [9.17, 15) is 13.6 Å². The van der Waals surface area contributed by atoms with Crippen LogP contribution in [0.15, 0.2) is 18.2 Å². The lowest BCUT2D eigenvalue weighted by Crippen LogP contribution is -2.43. The summed E-state index contributed by atoms with van der Waals surface area (Å²) >= 11 is 0. The van der Waals surface area contributed by atoms with E-state index in [4.69, 9.17) is 4.74 Å². The van der Waals surface area contributed by atoms with Gasteiger partial charge in [0.15, 0.2) is 0 Å². The Labute approximate surface area is 142 Å². The molecular formula is C18H26F2N2O2. The van der Waals surface area contributed by atoms with Crippen LogP contribution < -0.4 is 10.6 Å². The molecule has 2 rings (SSSR count). The molecule has 1 saturated carbocycles. The number of nitrogens with one attached hydrogen (secondary N) is 2. The van der Waals surface area contributed by atoms with E-state index in [1.54, 1.807) is 0 Å². The molecule has 0 atom stereocenters. The van der Waals surface area contributed by atoms with Gasteiger partial charge in [0, 0.05) is 24.7 Å². The van der Waals surface area contributed by atoms with Gasteiger partial charge in [0.2, 0.25) is 0 Å². The second-order valence-electron chi connectivity index (χ2n) is 7.35. The predicted molar refractivity (Wildman–Crippen MR) is 88.6 cm³/mol. The van der Waals surface area contributed by atoms with Gasteiger partial charge in [0.25, 0.3) is 0 Å². The van der Waals surface area contributed by atoms with Crippen molar-refractivity contribution in [3.63, 3.8) is 0 Å². The van der Waals surface area contributed by atoms with Gasteiger partial charge in [-0.2, -0.15) is 0 Å². The molecule has 0 bridgehead atoms. The van der Waals surface area contributed by atoms with Crippen molar-refractivity contribution in [1.29, 1.82) is 0 Å². The number of carbonyl (C=O) groups is 1. The minimum absolute atomic E-state index is 0.115. The minimum Gasteiger partial charge on any atom is -0.444 e. The SMILES string of the molecule is CC(C)(C)OC(=O)NC1CCC(NCc2cc(F)cc(F)c2)CC1. The lowest BCUT2D eigenvalue weighted by molar-refractivity contribution is 0.0489. The maximum absolute atomic E-state index is 13.2. The van der Waals surface area contributed by atoms with E-state index < -0.39 is 17.2 Å². The average Bonchev–Trinajstić information content (AvgIpc) is 2.43. The molecule has 24 heavy (non-hydrogen) atoms. The molecule has 1 fully saturated rings. The summed E-state index contributed by atoms with van der Waals surface area (Å²) in [6.45, 7) is 5.94. The molecule has 1 aliphatic rings. The van der Waals surface area contributed by atoms with Gasteiger partial charge in [-0.15, -0.1) is 0 Å². The van der Waals surface area contributed by atoms with Gasteiger partial charge in [0.05, 0.1) is 0 Å². The second kappa shape index (κ2) is 7.92. The Hall–Kier alpha value is -1.69. The van der Waals surface area contributed by atoms with Crippen LogP contribution in [0, 0.1) is 11.6 Å². The molecule has 1 aromatic rings. The van der Waals surface area contributed by atoms with Crippen LogP contribution in [-0.4, -0.2) is 23.8 Å². The van der Waals surface area contributed by atoms with Crippen LogP contribution in [0.4, 0.5) is 13.6 Å². The highest BCUT2D eigenvalue weighted by Gasteiger charge is 2.24. The van der Waals surface area contributed by atoms with Crippen molar-refractivity contribution in [3.05, 3.63) is 35.4 Å². The molecule has 4 nitrogen and oxygen atoms in total. The zero-order chi connectivity index (χ0) is 17.7. The Bertz CT molecular complexity index is 544. The summed E-state index contributed by atoms with van der Waals surface area (Å²) in [5, 5.41) is 6.22. The van der Waals surface area contributed by atoms with Crippen LogP contribution in [0.2, 0.25) is 0 Å². The highest BCUT2D eigenvalue weighted by molar-refractivity contribution is 5.68. The number of amides is 1. The van der Waals surface area contributed by atoms with Crippen molar-refractivity contribution in [3.8, 4) is 0 Å². The third-order valence-corrected chi connectivity index (χ3v) is 3.97. The van der Waals surface area contributed by atoms with E-state index in [-0.39, 0.29) is 18.2 Å². The lowest BCUT2D eigenvalue weighted by Gasteiger charge is -2.30. The maximum Gasteiger partial charge on any atom is 0.407 e. The summed E-state index contributed by atoms with van der Waals surface area (Å²) in [6, 6.07) is 3.95. The van der Waals surface area contributed by atoms with Gasteiger partial charge in [-0.3, -0.25) is 0 Å². The number of halogens is 2. The third-order valence-electron chi connectivity index (χ3n) is 3.97. The number of ether oxygens (including phenoxy) is 1. The number of hydrogen-bond acceptors (Lipinski definition) is 3. The fourth-order valence-electron chi connectivity index (χ4n) is 2.89. The molecule has 0 saturated heterocycles. The van der Waals surface area contributed by atoms with Gasteiger partial charge in [-0.25, -0.2) is 13.6 Å². The van der Waals surface area contributed by atoms with Crippen molar-refractivity contribution in [2.24, 2.45) is 0 Å². The number of benzene rings is 1. The highest BCUT2D eigenvalue weighted by Crippen LogP contribution is 2.20. The minimum atomic E-state index is -0.558. The first-order valence-electron chi connectivity index (χ1n) is 8.39. The van der Waals surface area contributed by atoms with E-state index in [1.165, 1.54) is 12.1 Å². The molecule has 134 valence electrons. The topological polar surface area (TPSA) is 50.4 Å². The lowest BCUT2D eigenvalue weighted by atomic mass is 9.91. The fourth-order valence-corrected chi connectivity index (χ4v) is 2.89. The van der Waals surface area contributed by atoms with Crippen molar-refractivity contribution >= 4 is 6.09 Å². The number of carbonyl (C=O) groups excluding carboxylic acids is 1. The predicted octanol–water partition coefficient (Wildman–Crippen LogP) is 3.89. The summed E-state index contributed by atoms with van der Waals surface area (Å²) in [4.78, 5) is 11.8. The number of rotatable bonds is 4. The first kappa shape index (κ1) is 18.6. The Balaban J connectivity index is 1.72. The zero-order valence-electron chi connectivity index (χ0n) is 14.5. The average molecular weight is 340 g/mol. The first-order chi connectivity index (χ1) is 11.2. The van der Waals surface area contributed by atoms with E-state index in [0.717, 1.165) is 31.7 Å². The Morgan fingerprint density at radius 2 is 1.62 bits per heavy atom. The van der Waals surface area contributed by atoms with E-state index in [0.29, 0.717) is 12.1 Å². The van der Waals surface area contributed by atoms with E-state index >= 15 is 0 Å². The standard InChI is InChI=1S/C18H26F2N2O2/c1-18(2,3)24-17(23)22-16-6-4-15(5-7-16)21-11-12-8-13(19)10-14(20)9-12/h8-10,15-16,21H,4-7,11H2,1-3H3,(H,22,23). The summed E-state index contributed by atoms with van der Waals surface area (Å²) in [7, 11) is 0. The zero-order valence-corrected chi connectivity index (χ0v) is 14.5. The summed E-state index contributed by atoms with van der Waals surface area (Å²) in [6.07, 6.45) is 3.13. The summed E-state index contributed by atoms with van der Waals surface area (Å²) in [5.41, 5.74) is 0.102. The monoisotopic (exact) mass is 340 g/mol. The number of alkyl carbamates (subject to hydrolysis) is 1. The molecule has 0 spiro atoms. The Kier molecular flexibility index (Phi) is 6.15. The molecule has 2 N–H and O–H groups in total. The fraction of sp³-hybridized carbons (Fsp3) is 0.611. The van der Waals surface area contributed by atoms with Crippen LogP contribution in [-0.2, 0) is 11.3 Å². The second-order valence-corrected chi connectivity index (χ2v) is 7.35. The van der Waals surface area contributed by atoms with Gasteiger partial charge >= 0.3 is 6.09 Å². The van der Waals surface area contributed by atoms with Gasteiger partial charge < -0.3 is 15.4 Å². The molecule has 1 aromatic carbocycles. The molecule has 0 radical (unpaired) electrons. The molecule has 0 unspecified atom stereocenters. The van der Waals surface area contributed by atoms with Crippen molar-refractivity contribution in [2.75, 3.05) is 0 Å². The molecular weight excluding hydrogens is 314 g/mol.